The largest absolute Gasteiger partial charge is 0.497 e. The molecular weight excluding hydrogens is 464 g/mol. The molecule has 2 aromatic heterocycles. The fourth-order valence-electron chi connectivity index (χ4n) is 3.19. The van der Waals surface area contributed by atoms with E-state index in [2.05, 4.69) is 20.0 Å². The highest BCUT2D eigenvalue weighted by atomic mass is 35.5. The van der Waals surface area contributed by atoms with Gasteiger partial charge in [0.1, 0.15) is 11.6 Å². The second-order valence-corrected chi connectivity index (χ2v) is 9.17. The maximum absolute atomic E-state index is 12.8. The molecule has 10 heteroatoms. The van der Waals surface area contributed by atoms with Crippen LogP contribution in [0.5, 0.6) is 5.75 Å². The van der Waals surface area contributed by atoms with E-state index in [9.17, 15) is 13.2 Å². The number of anilines is 2. The summed E-state index contributed by atoms with van der Waals surface area (Å²) >= 11 is 6.18. The summed E-state index contributed by atoms with van der Waals surface area (Å²) < 4.78 is 33.2. The third-order valence-corrected chi connectivity index (χ3v) is 6.46. The Morgan fingerprint density at radius 2 is 1.76 bits per heavy atom. The predicted molar refractivity (Wildman–Crippen MR) is 128 cm³/mol. The van der Waals surface area contributed by atoms with Crippen molar-refractivity contribution in [1.29, 1.82) is 0 Å². The molecule has 4 aromatic rings. The Kier molecular flexibility index (Phi) is 6.17. The topological polar surface area (TPSA) is 110 Å². The Labute approximate surface area is 195 Å². The molecule has 0 bridgehead atoms. The number of methoxy groups -OCH3 is 1. The van der Waals surface area contributed by atoms with Crippen molar-refractivity contribution >= 4 is 49.9 Å². The summed E-state index contributed by atoms with van der Waals surface area (Å²) in [4.78, 5) is 19.9. The van der Waals surface area contributed by atoms with Crippen LogP contribution in [0.3, 0.4) is 0 Å². The predicted octanol–water partition coefficient (Wildman–Crippen LogP) is 4.72. The molecule has 4 rings (SSSR count). The summed E-state index contributed by atoms with van der Waals surface area (Å²) in [6, 6.07) is 16.7. The normalized spacial score (nSPS) is 11.2. The highest BCUT2D eigenvalue weighted by Crippen LogP contribution is 2.30. The van der Waals surface area contributed by atoms with Gasteiger partial charge in [-0.2, -0.15) is 0 Å². The van der Waals surface area contributed by atoms with Crippen LogP contribution in [0.4, 0.5) is 11.5 Å². The van der Waals surface area contributed by atoms with Crippen molar-refractivity contribution < 1.29 is 17.9 Å². The van der Waals surface area contributed by atoms with Gasteiger partial charge in [-0.15, -0.1) is 0 Å². The third kappa shape index (κ3) is 5.05. The van der Waals surface area contributed by atoms with E-state index < -0.39 is 10.0 Å². The zero-order valence-corrected chi connectivity index (χ0v) is 19.2. The lowest BCUT2D eigenvalue weighted by molar-refractivity contribution is -0.114. The quantitative estimate of drug-likeness (QED) is 0.385. The van der Waals surface area contributed by atoms with E-state index in [4.69, 9.17) is 16.3 Å². The minimum absolute atomic E-state index is 0.0261. The third-order valence-electron chi connectivity index (χ3n) is 4.78. The van der Waals surface area contributed by atoms with Crippen molar-refractivity contribution in [2.45, 2.75) is 11.8 Å². The Balaban J connectivity index is 1.65. The summed E-state index contributed by atoms with van der Waals surface area (Å²) in [5, 5.41) is 3.52. The average molecular weight is 483 g/mol. The van der Waals surface area contributed by atoms with Crippen LogP contribution in [0.15, 0.2) is 71.8 Å². The number of rotatable bonds is 6. The molecule has 0 aliphatic rings. The van der Waals surface area contributed by atoms with Crippen molar-refractivity contribution in [2.75, 3.05) is 17.1 Å². The summed E-state index contributed by atoms with van der Waals surface area (Å²) in [5.41, 5.74) is 2.32. The molecule has 2 N–H and O–H groups in total. The van der Waals surface area contributed by atoms with Crippen molar-refractivity contribution in [3.05, 3.63) is 72.0 Å². The molecule has 1 amide bonds. The van der Waals surface area contributed by atoms with Gasteiger partial charge in [0.15, 0.2) is 5.15 Å². The van der Waals surface area contributed by atoms with E-state index in [1.54, 1.807) is 30.5 Å². The van der Waals surface area contributed by atoms with Crippen LogP contribution >= 0.6 is 11.6 Å². The first kappa shape index (κ1) is 22.5. The molecule has 0 radical (unpaired) electrons. The highest BCUT2D eigenvalue weighted by molar-refractivity contribution is 7.92. The number of hydrogen-bond donors (Lipinski definition) is 2. The lowest BCUT2D eigenvalue weighted by Crippen LogP contribution is -2.13. The molecule has 0 spiro atoms. The van der Waals surface area contributed by atoms with Crippen molar-refractivity contribution in [1.82, 2.24) is 9.97 Å². The molecule has 0 aliphatic heterocycles. The van der Waals surface area contributed by atoms with Gasteiger partial charge >= 0.3 is 0 Å². The zero-order chi connectivity index (χ0) is 23.6. The first-order chi connectivity index (χ1) is 15.7. The Morgan fingerprint density at radius 1 is 1.00 bits per heavy atom. The number of amides is 1. The number of fused-ring (bicyclic) bond motifs is 1. The minimum atomic E-state index is -3.88. The molecule has 0 aliphatic carbocycles. The molecule has 0 unspecified atom stereocenters. The van der Waals surface area contributed by atoms with E-state index in [1.165, 1.54) is 26.2 Å². The lowest BCUT2D eigenvalue weighted by Gasteiger charge is -2.12. The van der Waals surface area contributed by atoms with Gasteiger partial charge in [-0.25, -0.2) is 18.4 Å². The number of pyridine rings is 2. The maximum Gasteiger partial charge on any atom is 0.261 e. The molecule has 0 fully saturated rings. The van der Waals surface area contributed by atoms with Crippen LogP contribution in [0.1, 0.15) is 6.92 Å². The molecule has 2 heterocycles. The molecule has 33 heavy (non-hydrogen) atoms. The molecule has 2 aromatic carbocycles. The van der Waals surface area contributed by atoms with Gasteiger partial charge in [0, 0.05) is 24.1 Å². The molecule has 0 atom stereocenters. The monoisotopic (exact) mass is 482 g/mol. The highest BCUT2D eigenvalue weighted by Gasteiger charge is 2.17. The summed E-state index contributed by atoms with van der Waals surface area (Å²) in [5.74, 6) is 0.812. The van der Waals surface area contributed by atoms with Crippen molar-refractivity contribution in [2.24, 2.45) is 0 Å². The number of aromatic nitrogens is 2. The summed E-state index contributed by atoms with van der Waals surface area (Å²) in [7, 11) is -2.38. The minimum Gasteiger partial charge on any atom is -0.497 e. The van der Waals surface area contributed by atoms with Crippen LogP contribution in [0, 0.1) is 0 Å². The average Bonchev–Trinajstić information content (AvgIpc) is 2.79. The Morgan fingerprint density at radius 3 is 2.45 bits per heavy atom. The standard InChI is InChI=1S/C23H19ClN4O4S/c1-14(29)26-22-10-4-16-11-15(3-9-20(16)27-22)17-12-21(23(24)25-13-17)28-33(30,31)19-7-5-18(32-2)6-8-19/h3-13,28H,1-2H3,(H,26,27,29). The van der Waals surface area contributed by atoms with E-state index in [1.807, 2.05) is 24.3 Å². The Bertz CT molecular complexity index is 1460. The van der Waals surface area contributed by atoms with Gasteiger partial charge in [-0.1, -0.05) is 17.7 Å². The first-order valence-corrected chi connectivity index (χ1v) is 11.6. The van der Waals surface area contributed by atoms with E-state index >= 15 is 0 Å². The number of halogens is 1. The number of nitrogens with zero attached hydrogens (tertiary/aromatic N) is 2. The van der Waals surface area contributed by atoms with Crippen LogP contribution in [-0.4, -0.2) is 31.4 Å². The molecule has 0 saturated heterocycles. The molecular formula is C23H19ClN4O4S. The van der Waals surface area contributed by atoms with Gasteiger partial charge < -0.3 is 10.1 Å². The summed E-state index contributed by atoms with van der Waals surface area (Å²) in [6.45, 7) is 1.42. The second-order valence-electron chi connectivity index (χ2n) is 7.13. The number of sulfonamides is 1. The van der Waals surface area contributed by atoms with Gasteiger partial charge in [0.2, 0.25) is 5.91 Å². The number of nitrogens with one attached hydrogen (secondary N) is 2. The second kappa shape index (κ2) is 9.05. The first-order valence-electron chi connectivity index (χ1n) is 9.76. The Hall–Kier alpha value is -3.69. The SMILES string of the molecule is COc1ccc(S(=O)(=O)Nc2cc(-c3ccc4nc(NC(C)=O)ccc4c3)cnc2Cl)cc1. The van der Waals surface area contributed by atoms with Crippen LogP contribution in [-0.2, 0) is 14.8 Å². The van der Waals surface area contributed by atoms with Crippen LogP contribution in [0.25, 0.3) is 22.0 Å². The zero-order valence-electron chi connectivity index (χ0n) is 17.7. The van der Waals surface area contributed by atoms with Crippen LogP contribution in [0.2, 0.25) is 5.15 Å². The summed E-state index contributed by atoms with van der Waals surface area (Å²) in [6.07, 6.45) is 1.56. The smallest absolute Gasteiger partial charge is 0.261 e. The number of carbonyl (C=O) groups is 1. The van der Waals surface area contributed by atoms with Gasteiger partial charge in [-0.05, 0) is 60.2 Å². The lowest BCUT2D eigenvalue weighted by atomic mass is 10.0. The number of hydrogen-bond acceptors (Lipinski definition) is 6. The van der Waals surface area contributed by atoms with E-state index in [0.29, 0.717) is 22.6 Å². The fourth-order valence-corrected chi connectivity index (χ4v) is 4.46. The van der Waals surface area contributed by atoms with Gasteiger partial charge in [0.05, 0.1) is 23.2 Å². The fraction of sp³-hybridized carbons (Fsp3) is 0.0870. The maximum atomic E-state index is 12.8. The van der Waals surface area contributed by atoms with Crippen molar-refractivity contribution in [3.63, 3.8) is 0 Å². The number of benzene rings is 2. The molecule has 8 nitrogen and oxygen atoms in total. The number of ether oxygens (including phenoxy) is 1. The van der Waals surface area contributed by atoms with Gasteiger partial charge in [-0.3, -0.25) is 9.52 Å². The van der Waals surface area contributed by atoms with Crippen LogP contribution < -0.4 is 14.8 Å². The van der Waals surface area contributed by atoms with Crippen molar-refractivity contribution in [3.8, 4) is 16.9 Å². The van der Waals surface area contributed by atoms with E-state index in [-0.39, 0.29) is 21.6 Å². The molecule has 0 saturated carbocycles. The van der Waals surface area contributed by atoms with Gasteiger partial charge in [0.25, 0.3) is 10.0 Å². The number of carbonyl (C=O) groups excluding carboxylic acids is 1. The van der Waals surface area contributed by atoms with E-state index in [0.717, 1.165) is 10.9 Å². The molecule has 168 valence electrons.